The number of hydrogen-bond acceptors (Lipinski definition) is 2. The summed E-state index contributed by atoms with van der Waals surface area (Å²) >= 11 is 0. The zero-order valence-electron chi connectivity index (χ0n) is 13.7. The summed E-state index contributed by atoms with van der Waals surface area (Å²) in [7, 11) is 4.18. The molecule has 2 aromatic rings. The average Bonchev–Trinajstić information content (AvgIpc) is 2.96. The van der Waals surface area contributed by atoms with E-state index in [9.17, 15) is 0 Å². The van der Waals surface area contributed by atoms with Crippen LogP contribution in [0.3, 0.4) is 0 Å². The molecule has 0 N–H and O–H groups in total. The number of rotatable bonds is 5. The van der Waals surface area contributed by atoms with Gasteiger partial charge in [0.1, 0.15) is 0 Å². The summed E-state index contributed by atoms with van der Waals surface area (Å²) in [4.78, 5) is 4.75. The zero-order valence-corrected chi connectivity index (χ0v) is 13.7. The molecule has 0 aliphatic carbocycles. The lowest BCUT2D eigenvalue weighted by molar-refractivity contribution is 0.316. The van der Waals surface area contributed by atoms with E-state index in [-0.39, 0.29) is 0 Å². The highest BCUT2D eigenvalue weighted by atomic mass is 15.1. The second kappa shape index (κ2) is 6.97. The lowest BCUT2D eigenvalue weighted by Crippen LogP contribution is -2.20. The molecule has 0 amide bonds. The van der Waals surface area contributed by atoms with Crippen LogP contribution >= 0.6 is 0 Å². The highest BCUT2D eigenvalue weighted by Crippen LogP contribution is 2.23. The number of benzene rings is 2. The lowest BCUT2D eigenvalue weighted by atomic mass is 9.98. The van der Waals surface area contributed by atoms with Crippen molar-refractivity contribution in [1.82, 2.24) is 4.90 Å². The Hall–Kier alpha value is -1.80. The van der Waals surface area contributed by atoms with Crippen LogP contribution in [0.25, 0.3) is 0 Å². The average molecular weight is 294 g/mol. The Balaban J connectivity index is 1.52. The van der Waals surface area contributed by atoms with Gasteiger partial charge in [-0.15, -0.1) is 0 Å². The van der Waals surface area contributed by atoms with Gasteiger partial charge in [0, 0.05) is 32.9 Å². The number of likely N-dealkylation sites (tertiary alicyclic amines) is 1. The van der Waals surface area contributed by atoms with Gasteiger partial charge in [-0.3, -0.25) is 4.90 Å². The molecule has 0 saturated carbocycles. The van der Waals surface area contributed by atoms with Crippen molar-refractivity contribution < 1.29 is 0 Å². The van der Waals surface area contributed by atoms with Gasteiger partial charge in [0.15, 0.2) is 0 Å². The van der Waals surface area contributed by atoms with E-state index < -0.39 is 0 Å². The van der Waals surface area contributed by atoms with Gasteiger partial charge in [0.25, 0.3) is 0 Å². The summed E-state index contributed by atoms with van der Waals surface area (Å²) in [6.45, 7) is 3.55. The van der Waals surface area contributed by atoms with Crippen molar-refractivity contribution in [2.75, 3.05) is 32.1 Å². The van der Waals surface area contributed by atoms with Gasteiger partial charge in [-0.2, -0.15) is 0 Å². The minimum atomic E-state index is 0.800. The maximum atomic E-state index is 2.59. The molecule has 0 spiro atoms. The summed E-state index contributed by atoms with van der Waals surface area (Å²) in [6, 6.07) is 19.8. The van der Waals surface area contributed by atoms with Gasteiger partial charge < -0.3 is 4.90 Å². The van der Waals surface area contributed by atoms with Crippen LogP contribution in [0.2, 0.25) is 0 Å². The predicted molar refractivity (Wildman–Crippen MR) is 94.3 cm³/mol. The first-order chi connectivity index (χ1) is 10.7. The second-order valence-corrected chi connectivity index (χ2v) is 6.64. The molecule has 0 aromatic heterocycles. The van der Waals surface area contributed by atoms with E-state index in [0.717, 1.165) is 12.5 Å². The van der Waals surface area contributed by atoms with Crippen LogP contribution in [0.1, 0.15) is 17.5 Å². The van der Waals surface area contributed by atoms with Gasteiger partial charge in [-0.25, -0.2) is 0 Å². The molecule has 3 rings (SSSR count). The van der Waals surface area contributed by atoms with Crippen molar-refractivity contribution in [3.05, 3.63) is 65.7 Å². The Morgan fingerprint density at radius 3 is 2.36 bits per heavy atom. The minimum absolute atomic E-state index is 0.800. The van der Waals surface area contributed by atoms with Crippen molar-refractivity contribution in [1.29, 1.82) is 0 Å². The van der Waals surface area contributed by atoms with Crippen molar-refractivity contribution in [3.63, 3.8) is 0 Å². The molecule has 1 heterocycles. The highest BCUT2D eigenvalue weighted by Gasteiger charge is 2.22. The Bertz CT molecular complexity index is 574. The molecule has 2 aromatic carbocycles. The molecule has 1 atom stereocenters. The molecular weight excluding hydrogens is 268 g/mol. The van der Waals surface area contributed by atoms with Gasteiger partial charge in [-0.1, -0.05) is 42.5 Å². The third kappa shape index (κ3) is 3.89. The summed E-state index contributed by atoms with van der Waals surface area (Å²) in [5.41, 5.74) is 4.18. The van der Waals surface area contributed by atoms with E-state index in [1.807, 2.05) is 0 Å². The monoisotopic (exact) mass is 294 g/mol. The van der Waals surface area contributed by atoms with Gasteiger partial charge in [-0.05, 0) is 48.6 Å². The van der Waals surface area contributed by atoms with Crippen LogP contribution < -0.4 is 4.90 Å². The molecular formula is C20H26N2. The minimum Gasteiger partial charge on any atom is -0.378 e. The van der Waals surface area contributed by atoms with Crippen LogP contribution in [0.15, 0.2) is 54.6 Å². The summed E-state index contributed by atoms with van der Waals surface area (Å²) in [6.07, 6.45) is 2.53. The van der Waals surface area contributed by atoms with E-state index in [1.165, 1.54) is 42.7 Å². The van der Waals surface area contributed by atoms with E-state index in [2.05, 4.69) is 78.5 Å². The maximum Gasteiger partial charge on any atom is 0.0361 e. The maximum absolute atomic E-state index is 2.59. The van der Waals surface area contributed by atoms with Crippen molar-refractivity contribution in [2.24, 2.45) is 5.92 Å². The molecule has 1 unspecified atom stereocenters. The van der Waals surface area contributed by atoms with Crippen LogP contribution in [0, 0.1) is 5.92 Å². The predicted octanol–water partition coefficient (Wildman–Crippen LogP) is 3.82. The molecule has 22 heavy (non-hydrogen) atoms. The Kier molecular flexibility index (Phi) is 4.79. The van der Waals surface area contributed by atoms with Crippen LogP contribution in [0.4, 0.5) is 5.69 Å². The van der Waals surface area contributed by atoms with Crippen molar-refractivity contribution >= 4 is 5.69 Å². The fourth-order valence-electron chi connectivity index (χ4n) is 3.33. The van der Waals surface area contributed by atoms with Gasteiger partial charge >= 0.3 is 0 Å². The molecule has 1 aliphatic heterocycles. The smallest absolute Gasteiger partial charge is 0.0361 e. The topological polar surface area (TPSA) is 6.48 Å². The number of nitrogens with zero attached hydrogens (tertiary/aromatic N) is 2. The fraction of sp³-hybridized carbons (Fsp3) is 0.400. The summed E-state index contributed by atoms with van der Waals surface area (Å²) in [5.74, 6) is 0.800. The van der Waals surface area contributed by atoms with Crippen LogP contribution in [0.5, 0.6) is 0 Å². The summed E-state index contributed by atoms with van der Waals surface area (Å²) < 4.78 is 0. The first-order valence-electron chi connectivity index (χ1n) is 8.23. The lowest BCUT2D eigenvalue weighted by Gasteiger charge is -2.17. The normalized spacial score (nSPS) is 18.5. The molecule has 2 heteroatoms. The Morgan fingerprint density at radius 2 is 1.68 bits per heavy atom. The van der Waals surface area contributed by atoms with E-state index in [1.54, 1.807) is 0 Å². The largest absolute Gasteiger partial charge is 0.378 e. The number of anilines is 1. The third-order valence-electron chi connectivity index (χ3n) is 4.60. The van der Waals surface area contributed by atoms with E-state index in [4.69, 9.17) is 0 Å². The Morgan fingerprint density at radius 1 is 0.955 bits per heavy atom. The molecule has 1 aliphatic rings. The quantitative estimate of drug-likeness (QED) is 0.827. The van der Waals surface area contributed by atoms with Crippen molar-refractivity contribution in [2.45, 2.75) is 19.4 Å². The standard InChI is InChI=1S/C20H26N2/c1-21(2)20-10-8-17(9-11-20)14-19-12-13-22(16-19)15-18-6-4-3-5-7-18/h3-11,19H,12-16H2,1-2H3. The summed E-state index contributed by atoms with van der Waals surface area (Å²) in [5, 5.41) is 0. The second-order valence-electron chi connectivity index (χ2n) is 6.64. The van der Waals surface area contributed by atoms with Crippen molar-refractivity contribution in [3.8, 4) is 0 Å². The number of hydrogen-bond donors (Lipinski definition) is 0. The molecule has 0 radical (unpaired) electrons. The van der Waals surface area contributed by atoms with E-state index in [0.29, 0.717) is 0 Å². The molecule has 2 nitrogen and oxygen atoms in total. The first kappa shape index (κ1) is 15.1. The van der Waals surface area contributed by atoms with E-state index >= 15 is 0 Å². The SMILES string of the molecule is CN(C)c1ccc(CC2CCN(Cc3ccccc3)C2)cc1. The highest BCUT2D eigenvalue weighted by molar-refractivity contribution is 5.46. The van der Waals surface area contributed by atoms with Crippen LogP contribution in [-0.2, 0) is 13.0 Å². The fourth-order valence-corrected chi connectivity index (χ4v) is 3.33. The first-order valence-corrected chi connectivity index (χ1v) is 8.23. The molecule has 1 saturated heterocycles. The molecule has 0 bridgehead atoms. The zero-order chi connectivity index (χ0) is 15.4. The third-order valence-corrected chi connectivity index (χ3v) is 4.60. The van der Waals surface area contributed by atoms with Crippen LogP contribution in [-0.4, -0.2) is 32.1 Å². The van der Waals surface area contributed by atoms with Gasteiger partial charge in [0.05, 0.1) is 0 Å². The molecule has 1 fully saturated rings. The Labute approximate surface area is 134 Å². The molecule has 116 valence electrons. The van der Waals surface area contributed by atoms with Gasteiger partial charge in [0.2, 0.25) is 0 Å².